The molecular weight excluding hydrogens is 236 g/mol. The van der Waals surface area contributed by atoms with Gasteiger partial charge < -0.3 is 9.73 Å². The predicted molar refractivity (Wildman–Crippen MR) is 76.9 cm³/mol. The fourth-order valence-corrected chi connectivity index (χ4v) is 3.92. The van der Waals surface area contributed by atoms with E-state index < -0.39 is 0 Å². The maximum Gasteiger partial charge on any atom is 0.117 e. The molecule has 3 atom stereocenters. The van der Waals surface area contributed by atoms with Crippen molar-refractivity contribution in [1.82, 2.24) is 10.2 Å². The topological polar surface area (TPSA) is 28.4 Å². The summed E-state index contributed by atoms with van der Waals surface area (Å²) in [6.45, 7) is 5.58. The van der Waals surface area contributed by atoms with Gasteiger partial charge in [0.05, 0.1) is 12.8 Å². The highest BCUT2D eigenvalue weighted by Crippen LogP contribution is 2.36. The van der Waals surface area contributed by atoms with E-state index in [1.807, 2.05) is 12.1 Å². The normalized spacial score (nSPS) is 29.3. The van der Waals surface area contributed by atoms with E-state index in [-0.39, 0.29) is 0 Å². The van der Waals surface area contributed by atoms with Crippen molar-refractivity contribution >= 4 is 0 Å². The van der Waals surface area contributed by atoms with Crippen molar-refractivity contribution in [3.8, 4) is 0 Å². The maximum atomic E-state index is 5.35. The van der Waals surface area contributed by atoms with Gasteiger partial charge in [0.25, 0.3) is 0 Å². The lowest BCUT2D eigenvalue weighted by Crippen LogP contribution is -2.45. The fourth-order valence-electron chi connectivity index (χ4n) is 3.92. The van der Waals surface area contributed by atoms with Crippen LogP contribution < -0.4 is 5.32 Å². The summed E-state index contributed by atoms with van der Waals surface area (Å²) in [4.78, 5) is 2.75. The first-order valence-electron chi connectivity index (χ1n) is 7.83. The van der Waals surface area contributed by atoms with Crippen LogP contribution in [0.15, 0.2) is 22.8 Å². The van der Waals surface area contributed by atoms with Crippen LogP contribution in [0, 0.1) is 5.92 Å². The van der Waals surface area contributed by atoms with Crippen molar-refractivity contribution in [3.63, 3.8) is 0 Å². The first-order valence-corrected chi connectivity index (χ1v) is 7.83. The second kappa shape index (κ2) is 6.10. The summed E-state index contributed by atoms with van der Waals surface area (Å²) < 4.78 is 5.35. The summed E-state index contributed by atoms with van der Waals surface area (Å²) in [5.74, 6) is 2.02. The Labute approximate surface area is 116 Å². The van der Waals surface area contributed by atoms with E-state index in [0.29, 0.717) is 6.04 Å². The highest BCUT2D eigenvalue weighted by molar-refractivity contribution is 4.98. The van der Waals surface area contributed by atoms with E-state index in [1.165, 1.54) is 38.6 Å². The molecule has 3 unspecified atom stereocenters. The number of likely N-dealkylation sites (tertiary alicyclic amines) is 1. The molecule has 3 rings (SSSR count). The number of hydrogen-bond donors (Lipinski definition) is 1. The zero-order valence-electron chi connectivity index (χ0n) is 12.0. The lowest BCUT2D eigenvalue weighted by molar-refractivity contribution is 0.138. The smallest absolute Gasteiger partial charge is 0.117 e. The molecule has 0 bridgehead atoms. The monoisotopic (exact) mass is 262 g/mol. The largest absolute Gasteiger partial charge is 0.468 e. The Bertz CT molecular complexity index is 376. The van der Waals surface area contributed by atoms with Crippen LogP contribution in [0.4, 0.5) is 0 Å². The second-order valence-corrected chi connectivity index (χ2v) is 6.20. The maximum absolute atomic E-state index is 5.35. The highest BCUT2D eigenvalue weighted by Gasteiger charge is 2.37. The Balaban J connectivity index is 1.46. The number of rotatable bonds is 5. The van der Waals surface area contributed by atoms with Gasteiger partial charge in [-0.2, -0.15) is 0 Å². The molecule has 2 aliphatic rings. The summed E-state index contributed by atoms with van der Waals surface area (Å²) in [7, 11) is 0. The minimum absolute atomic E-state index is 0.642. The molecule has 1 saturated carbocycles. The number of fused-ring (bicyclic) bond motifs is 1. The average Bonchev–Trinajstić information content (AvgIpc) is 3.07. The van der Waals surface area contributed by atoms with Gasteiger partial charge in [0, 0.05) is 18.6 Å². The van der Waals surface area contributed by atoms with Gasteiger partial charge in [-0.15, -0.1) is 0 Å². The lowest BCUT2D eigenvalue weighted by Gasteiger charge is -2.35. The molecule has 106 valence electrons. The number of furan rings is 1. The average molecular weight is 262 g/mol. The summed E-state index contributed by atoms with van der Waals surface area (Å²) >= 11 is 0. The van der Waals surface area contributed by atoms with Crippen molar-refractivity contribution < 1.29 is 4.42 Å². The SMILES string of the molecule is CC(CNCc1ccco1)N1CCC2CCCCC21. The molecule has 3 nitrogen and oxygen atoms in total. The second-order valence-electron chi connectivity index (χ2n) is 6.20. The molecule has 2 heterocycles. The van der Waals surface area contributed by atoms with E-state index in [9.17, 15) is 0 Å². The molecule has 3 heteroatoms. The van der Waals surface area contributed by atoms with Gasteiger partial charge in [0.15, 0.2) is 0 Å². The zero-order valence-corrected chi connectivity index (χ0v) is 12.0. The fraction of sp³-hybridized carbons (Fsp3) is 0.750. The number of nitrogens with one attached hydrogen (secondary N) is 1. The molecule has 1 aliphatic heterocycles. The zero-order chi connectivity index (χ0) is 13.1. The molecular formula is C16H26N2O. The molecule has 1 N–H and O–H groups in total. The Kier molecular flexibility index (Phi) is 4.24. The van der Waals surface area contributed by atoms with Crippen LogP contribution in [0.2, 0.25) is 0 Å². The van der Waals surface area contributed by atoms with Gasteiger partial charge in [0.2, 0.25) is 0 Å². The minimum Gasteiger partial charge on any atom is -0.468 e. The van der Waals surface area contributed by atoms with Crippen molar-refractivity contribution in [2.24, 2.45) is 5.92 Å². The van der Waals surface area contributed by atoms with E-state index in [4.69, 9.17) is 4.42 Å². The third kappa shape index (κ3) is 3.03. The third-order valence-electron chi connectivity index (χ3n) is 4.94. The van der Waals surface area contributed by atoms with E-state index in [2.05, 4.69) is 17.1 Å². The minimum atomic E-state index is 0.642. The first kappa shape index (κ1) is 13.2. The van der Waals surface area contributed by atoms with E-state index in [1.54, 1.807) is 6.26 Å². The van der Waals surface area contributed by atoms with Gasteiger partial charge in [-0.1, -0.05) is 12.8 Å². The number of hydrogen-bond acceptors (Lipinski definition) is 3. The highest BCUT2D eigenvalue weighted by atomic mass is 16.3. The van der Waals surface area contributed by atoms with Crippen LogP contribution >= 0.6 is 0 Å². The molecule has 0 radical (unpaired) electrons. The van der Waals surface area contributed by atoms with Gasteiger partial charge in [-0.25, -0.2) is 0 Å². The van der Waals surface area contributed by atoms with Crippen molar-refractivity contribution in [3.05, 3.63) is 24.2 Å². The van der Waals surface area contributed by atoms with Crippen LogP contribution in [0.1, 0.15) is 44.8 Å². The quantitative estimate of drug-likeness (QED) is 0.884. The van der Waals surface area contributed by atoms with Crippen molar-refractivity contribution in [2.45, 2.75) is 57.7 Å². The van der Waals surface area contributed by atoms with Crippen LogP contribution in [-0.2, 0) is 6.54 Å². The van der Waals surface area contributed by atoms with Crippen LogP contribution in [0.5, 0.6) is 0 Å². The van der Waals surface area contributed by atoms with Crippen molar-refractivity contribution in [2.75, 3.05) is 13.1 Å². The van der Waals surface area contributed by atoms with E-state index in [0.717, 1.165) is 30.8 Å². The molecule has 0 spiro atoms. The summed E-state index contributed by atoms with van der Waals surface area (Å²) in [5, 5.41) is 3.52. The Morgan fingerprint density at radius 2 is 2.26 bits per heavy atom. The number of nitrogens with zero attached hydrogens (tertiary/aromatic N) is 1. The van der Waals surface area contributed by atoms with Gasteiger partial charge in [-0.3, -0.25) is 4.90 Å². The third-order valence-corrected chi connectivity index (χ3v) is 4.94. The molecule has 2 fully saturated rings. The molecule has 1 aliphatic carbocycles. The standard InChI is InChI=1S/C16H26N2O/c1-13(11-17-12-15-6-4-10-19-15)18-9-8-14-5-2-3-7-16(14)18/h4,6,10,13-14,16-17H,2-3,5,7-9,11-12H2,1H3. The van der Waals surface area contributed by atoms with Crippen LogP contribution in [0.25, 0.3) is 0 Å². The van der Waals surface area contributed by atoms with Crippen molar-refractivity contribution in [1.29, 1.82) is 0 Å². The molecule has 19 heavy (non-hydrogen) atoms. The summed E-state index contributed by atoms with van der Waals surface area (Å²) in [6.07, 6.45) is 8.95. The van der Waals surface area contributed by atoms with Gasteiger partial charge in [-0.05, 0) is 50.8 Å². The molecule has 1 aromatic rings. The van der Waals surface area contributed by atoms with E-state index >= 15 is 0 Å². The Morgan fingerprint density at radius 3 is 3.11 bits per heavy atom. The lowest BCUT2D eigenvalue weighted by atomic mass is 9.85. The molecule has 0 aromatic carbocycles. The van der Waals surface area contributed by atoms with Gasteiger partial charge >= 0.3 is 0 Å². The van der Waals surface area contributed by atoms with Crippen LogP contribution in [0.3, 0.4) is 0 Å². The van der Waals surface area contributed by atoms with Gasteiger partial charge in [0.1, 0.15) is 5.76 Å². The first-order chi connectivity index (χ1) is 9.34. The molecule has 1 aromatic heterocycles. The molecule has 0 amide bonds. The van der Waals surface area contributed by atoms with Crippen LogP contribution in [-0.4, -0.2) is 30.1 Å². The predicted octanol–water partition coefficient (Wildman–Crippen LogP) is 3.02. The summed E-state index contributed by atoms with van der Waals surface area (Å²) in [5.41, 5.74) is 0. The molecule has 1 saturated heterocycles. The Hall–Kier alpha value is -0.800. The Morgan fingerprint density at radius 1 is 1.37 bits per heavy atom. The summed E-state index contributed by atoms with van der Waals surface area (Å²) in [6, 6.07) is 5.50.